The van der Waals surface area contributed by atoms with Crippen LogP contribution in [0.25, 0.3) is 0 Å². The van der Waals surface area contributed by atoms with Gasteiger partial charge in [0.2, 0.25) is 5.91 Å². The average molecular weight is 207 g/mol. The Morgan fingerprint density at radius 3 is 3.13 bits per heavy atom. The number of hydrogen-bond donors (Lipinski definition) is 1. The first-order chi connectivity index (χ1) is 7.16. The van der Waals surface area contributed by atoms with Crippen LogP contribution in [0.2, 0.25) is 0 Å². The number of carbonyl (C=O) groups excluding carboxylic acids is 1. The lowest BCUT2D eigenvalue weighted by Gasteiger charge is -2.17. The first-order valence-electron chi connectivity index (χ1n) is 4.83. The van der Waals surface area contributed by atoms with Crippen LogP contribution < -0.4 is 10.6 Å². The van der Waals surface area contributed by atoms with E-state index in [0.29, 0.717) is 6.54 Å². The van der Waals surface area contributed by atoms with Gasteiger partial charge in [-0.15, -0.1) is 0 Å². The maximum Gasteiger partial charge on any atom is 0.223 e. The molecule has 2 N–H and O–H groups in total. The minimum atomic E-state index is -0.425. The second kappa shape index (κ2) is 3.88. The summed E-state index contributed by atoms with van der Waals surface area (Å²) in [6.45, 7) is 1.30. The second-order valence-electron chi connectivity index (χ2n) is 3.58. The third-order valence-corrected chi connectivity index (χ3v) is 2.55. The predicted molar refractivity (Wildman–Crippen MR) is 55.8 cm³/mol. The van der Waals surface area contributed by atoms with Crippen molar-refractivity contribution in [2.75, 3.05) is 18.0 Å². The summed E-state index contributed by atoms with van der Waals surface area (Å²) in [7, 11) is 0. The predicted octanol–water partition coefficient (Wildman–Crippen LogP) is 0.878. The monoisotopic (exact) mass is 207 g/mol. The second-order valence-corrected chi connectivity index (χ2v) is 3.58. The summed E-state index contributed by atoms with van der Waals surface area (Å²) in [5.74, 6) is -0.639. The first kappa shape index (κ1) is 9.96. The van der Waals surface area contributed by atoms with Crippen molar-refractivity contribution in [2.45, 2.75) is 6.42 Å². The fourth-order valence-electron chi connectivity index (χ4n) is 1.83. The lowest BCUT2D eigenvalue weighted by molar-refractivity contribution is -0.114. The normalized spacial score (nSPS) is 14.1. The zero-order valence-corrected chi connectivity index (χ0v) is 8.24. The molecule has 0 bridgehead atoms. The quantitative estimate of drug-likeness (QED) is 0.799. The van der Waals surface area contributed by atoms with Gasteiger partial charge in [-0.05, 0) is 30.2 Å². The summed E-state index contributed by atoms with van der Waals surface area (Å²) in [5, 5.41) is 0. The maximum atomic E-state index is 12.9. The highest BCUT2D eigenvalue weighted by Gasteiger charge is 2.19. The lowest BCUT2D eigenvalue weighted by Crippen LogP contribution is -2.26. The molecule has 0 saturated carbocycles. The van der Waals surface area contributed by atoms with E-state index in [-0.39, 0.29) is 5.82 Å². The highest BCUT2D eigenvalue weighted by atomic mass is 19.1. The smallest absolute Gasteiger partial charge is 0.223 e. The van der Waals surface area contributed by atoms with E-state index in [0.717, 1.165) is 24.2 Å². The minimum absolute atomic E-state index is 0.213. The summed E-state index contributed by atoms with van der Waals surface area (Å²) >= 11 is 0. The molecule has 0 aromatic heterocycles. The van der Waals surface area contributed by atoms with Crippen molar-refractivity contribution < 1.29 is 9.18 Å². The van der Waals surface area contributed by atoms with Gasteiger partial charge >= 0.3 is 0 Å². The fourth-order valence-corrected chi connectivity index (χ4v) is 1.83. The van der Waals surface area contributed by atoms with Gasteiger partial charge in [0.1, 0.15) is 5.82 Å². The molecule has 1 aromatic rings. The van der Waals surface area contributed by atoms with Crippen molar-refractivity contribution in [3.8, 4) is 0 Å². The van der Waals surface area contributed by atoms with Gasteiger partial charge in [-0.3, -0.25) is 4.79 Å². The summed E-state index contributed by atoms with van der Waals surface area (Å²) in [6, 6.07) is 4.72. The van der Waals surface area contributed by atoms with E-state index < -0.39 is 5.91 Å². The van der Waals surface area contributed by atoms with Crippen LogP contribution in [0.3, 0.4) is 0 Å². The van der Waals surface area contributed by atoms with E-state index >= 15 is 0 Å². The van der Waals surface area contributed by atoms with E-state index in [9.17, 15) is 9.18 Å². The number of benzene rings is 1. The number of carbonyl (C=O) groups is 1. The molecule has 0 spiro atoms. The van der Waals surface area contributed by atoms with Gasteiger partial charge in [-0.1, -0.05) is 0 Å². The highest BCUT2D eigenvalue weighted by Crippen LogP contribution is 2.28. The summed E-state index contributed by atoms with van der Waals surface area (Å²) < 4.78 is 12.9. The molecular weight excluding hydrogens is 195 g/mol. The van der Waals surface area contributed by atoms with Crippen LogP contribution in [0.5, 0.6) is 0 Å². The number of halogens is 1. The number of fused-ring (bicyclic) bond motifs is 1. The van der Waals surface area contributed by atoms with E-state index in [1.807, 2.05) is 4.90 Å². The number of anilines is 1. The molecular formula is C11H12FN2O. The summed E-state index contributed by atoms with van der Waals surface area (Å²) in [5.41, 5.74) is 7.02. The first-order valence-corrected chi connectivity index (χ1v) is 4.83. The van der Waals surface area contributed by atoms with Gasteiger partial charge in [-0.2, -0.15) is 0 Å². The van der Waals surface area contributed by atoms with Crippen LogP contribution in [-0.2, 0) is 11.2 Å². The molecule has 2 rings (SSSR count). The van der Waals surface area contributed by atoms with Crippen LogP contribution in [0.4, 0.5) is 10.1 Å². The van der Waals surface area contributed by atoms with Crippen LogP contribution >= 0.6 is 0 Å². The molecule has 1 aliphatic rings. The van der Waals surface area contributed by atoms with Gasteiger partial charge < -0.3 is 10.6 Å². The van der Waals surface area contributed by atoms with Crippen molar-refractivity contribution in [1.29, 1.82) is 0 Å². The topological polar surface area (TPSA) is 46.3 Å². The largest absolute Gasteiger partial charge is 0.370 e. The van der Waals surface area contributed by atoms with Crippen LogP contribution in [-0.4, -0.2) is 19.0 Å². The fraction of sp³-hybridized carbons (Fsp3) is 0.273. The van der Waals surface area contributed by atoms with Crippen molar-refractivity contribution in [2.24, 2.45) is 5.73 Å². The summed E-state index contributed by atoms with van der Waals surface area (Å²) in [4.78, 5) is 12.6. The van der Waals surface area contributed by atoms with Crippen molar-refractivity contribution in [3.05, 3.63) is 36.0 Å². The van der Waals surface area contributed by atoms with Crippen molar-refractivity contribution >= 4 is 11.6 Å². The SMILES string of the molecule is NC(=O)[CH]CN1CCc2cc(F)ccc21. The highest BCUT2D eigenvalue weighted by molar-refractivity contribution is 5.83. The molecule has 4 heteroatoms. The van der Waals surface area contributed by atoms with Crippen molar-refractivity contribution in [1.82, 2.24) is 0 Å². The molecule has 0 unspecified atom stereocenters. The number of hydrogen-bond acceptors (Lipinski definition) is 2. The average Bonchev–Trinajstić information content (AvgIpc) is 2.57. The number of amides is 1. The van der Waals surface area contributed by atoms with Gasteiger partial charge in [0.25, 0.3) is 0 Å². The molecule has 0 atom stereocenters. The molecule has 0 aliphatic carbocycles. The Kier molecular flexibility index (Phi) is 2.58. The van der Waals surface area contributed by atoms with Gasteiger partial charge in [-0.25, -0.2) is 4.39 Å². The van der Waals surface area contributed by atoms with Crippen LogP contribution in [0.1, 0.15) is 5.56 Å². The Morgan fingerprint density at radius 1 is 1.60 bits per heavy atom. The number of nitrogens with two attached hydrogens (primary N) is 1. The van der Waals surface area contributed by atoms with E-state index in [4.69, 9.17) is 5.73 Å². The standard InChI is InChI=1S/C11H12FN2O/c12-9-1-2-10-8(7-9)3-5-14(10)6-4-11(13)15/h1-2,4,7H,3,5-6H2,(H2,13,15). The molecule has 1 aromatic carbocycles. The molecule has 79 valence electrons. The van der Waals surface area contributed by atoms with E-state index in [1.165, 1.54) is 12.5 Å². The summed E-state index contributed by atoms with van der Waals surface area (Å²) in [6.07, 6.45) is 2.25. The maximum absolute atomic E-state index is 12.9. The number of nitrogens with zero attached hydrogens (tertiary/aromatic N) is 1. The lowest BCUT2D eigenvalue weighted by atomic mass is 10.1. The molecule has 0 saturated heterocycles. The molecule has 1 amide bonds. The molecule has 1 heterocycles. The Morgan fingerprint density at radius 2 is 2.40 bits per heavy atom. The van der Waals surface area contributed by atoms with Gasteiger partial charge in [0.15, 0.2) is 0 Å². The Hall–Kier alpha value is -1.58. The van der Waals surface area contributed by atoms with Gasteiger partial charge in [0.05, 0.1) is 6.42 Å². The number of primary amides is 1. The minimum Gasteiger partial charge on any atom is -0.370 e. The third kappa shape index (κ3) is 2.09. The van der Waals surface area contributed by atoms with E-state index in [1.54, 1.807) is 12.1 Å². The number of rotatable bonds is 3. The molecule has 1 aliphatic heterocycles. The van der Waals surface area contributed by atoms with Crippen molar-refractivity contribution in [3.63, 3.8) is 0 Å². The molecule has 0 fully saturated rings. The Labute approximate surface area is 87.7 Å². The Balaban J connectivity index is 2.11. The molecule has 15 heavy (non-hydrogen) atoms. The van der Waals surface area contributed by atoms with Gasteiger partial charge in [0, 0.05) is 18.8 Å². The molecule has 1 radical (unpaired) electrons. The van der Waals surface area contributed by atoms with Crippen LogP contribution in [0, 0.1) is 12.2 Å². The zero-order chi connectivity index (χ0) is 10.8. The van der Waals surface area contributed by atoms with E-state index in [2.05, 4.69) is 0 Å². The third-order valence-electron chi connectivity index (χ3n) is 2.55. The van der Waals surface area contributed by atoms with Crippen LogP contribution in [0.15, 0.2) is 18.2 Å². The zero-order valence-electron chi connectivity index (χ0n) is 8.24. The Bertz CT molecular complexity index is 392. The molecule has 3 nitrogen and oxygen atoms in total.